The summed E-state index contributed by atoms with van der Waals surface area (Å²) < 4.78 is 0. The van der Waals surface area contributed by atoms with Gasteiger partial charge in [-0.25, -0.2) is 9.98 Å². The number of allylic oxidation sites excluding steroid dienone is 2. The average molecular weight is 358 g/mol. The van der Waals surface area contributed by atoms with Crippen LogP contribution in [-0.4, -0.2) is 29.1 Å². The summed E-state index contributed by atoms with van der Waals surface area (Å²) in [6.07, 6.45) is 3.26. The number of hydrogen-bond acceptors (Lipinski definition) is 5. The number of rotatable bonds is 4. The quantitative estimate of drug-likeness (QED) is 0.816. The number of nitriles is 1. The van der Waals surface area contributed by atoms with Crippen molar-refractivity contribution in [1.82, 2.24) is 4.98 Å². The van der Waals surface area contributed by atoms with Crippen molar-refractivity contribution in [2.24, 2.45) is 4.99 Å². The molecule has 1 unspecified atom stereocenters. The lowest BCUT2D eigenvalue weighted by molar-refractivity contribution is 0.104. The summed E-state index contributed by atoms with van der Waals surface area (Å²) in [5, 5.41) is 9.22. The molecule has 1 atom stereocenters. The Labute approximate surface area is 159 Å². The van der Waals surface area contributed by atoms with Crippen LogP contribution in [0.1, 0.15) is 41.2 Å². The Morgan fingerprint density at radius 2 is 2.00 bits per heavy atom. The first kappa shape index (κ1) is 18.5. The maximum atomic E-state index is 12.1. The van der Waals surface area contributed by atoms with Crippen LogP contribution in [0.3, 0.4) is 0 Å². The minimum Gasteiger partial charge on any atom is -0.356 e. The third-order valence-corrected chi connectivity index (χ3v) is 4.68. The van der Waals surface area contributed by atoms with Crippen molar-refractivity contribution >= 4 is 22.9 Å². The molecule has 0 saturated heterocycles. The molecule has 0 saturated carbocycles. The van der Waals surface area contributed by atoms with Crippen molar-refractivity contribution in [3.8, 4) is 6.07 Å². The topological polar surface area (TPSA) is 69.3 Å². The first-order valence-corrected chi connectivity index (χ1v) is 9.00. The van der Waals surface area contributed by atoms with Crippen LogP contribution in [0.2, 0.25) is 0 Å². The molecule has 27 heavy (non-hydrogen) atoms. The van der Waals surface area contributed by atoms with Gasteiger partial charge < -0.3 is 4.90 Å². The summed E-state index contributed by atoms with van der Waals surface area (Å²) in [5.41, 5.74) is 5.58. The maximum absolute atomic E-state index is 12.1. The molecule has 0 spiro atoms. The number of pyridine rings is 1. The van der Waals surface area contributed by atoms with Crippen molar-refractivity contribution < 1.29 is 4.79 Å². The summed E-state index contributed by atoms with van der Waals surface area (Å²) >= 11 is 0. The molecule has 1 aliphatic carbocycles. The summed E-state index contributed by atoms with van der Waals surface area (Å²) in [5.74, 6) is -0.0937. The van der Waals surface area contributed by atoms with Crippen LogP contribution in [0.4, 0.5) is 11.4 Å². The Morgan fingerprint density at radius 1 is 1.22 bits per heavy atom. The highest BCUT2D eigenvalue weighted by Gasteiger charge is 2.19. The summed E-state index contributed by atoms with van der Waals surface area (Å²) in [7, 11) is 0. The minimum absolute atomic E-state index is 0.0937. The summed E-state index contributed by atoms with van der Waals surface area (Å²) in [4.78, 5) is 23.3. The molecule has 0 aliphatic heterocycles. The molecule has 0 amide bonds. The molecule has 1 heterocycles. The van der Waals surface area contributed by atoms with Crippen LogP contribution >= 0.6 is 0 Å². The van der Waals surface area contributed by atoms with Crippen molar-refractivity contribution in [3.05, 3.63) is 65.0 Å². The minimum atomic E-state index is -0.194. The summed E-state index contributed by atoms with van der Waals surface area (Å²) in [6.45, 7) is 8.55. The molecule has 136 valence electrons. The fourth-order valence-electron chi connectivity index (χ4n) is 3.20. The van der Waals surface area contributed by atoms with Crippen molar-refractivity contribution in [2.45, 2.75) is 33.7 Å². The van der Waals surface area contributed by atoms with Crippen LogP contribution in [0, 0.1) is 25.2 Å². The van der Waals surface area contributed by atoms with E-state index in [-0.39, 0.29) is 11.8 Å². The lowest BCUT2D eigenvalue weighted by Gasteiger charge is -2.26. The monoisotopic (exact) mass is 358 g/mol. The van der Waals surface area contributed by atoms with Crippen LogP contribution < -0.4 is 4.90 Å². The van der Waals surface area contributed by atoms with Crippen LogP contribution in [0.15, 0.2) is 47.5 Å². The van der Waals surface area contributed by atoms with Crippen molar-refractivity contribution in [2.75, 3.05) is 11.4 Å². The van der Waals surface area contributed by atoms with Crippen molar-refractivity contribution in [1.29, 1.82) is 5.26 Å². The van der Waals surface area contributed by atoms with Crippen molar-refractivity contribution in [3.63, 3.8) is 0 Å². The normalized spacial score (nSPS) is 15.4. The van der Waals surface area contributed by atoms with Crippen LogP contribution in [0.5, 0.6) is 0 Å². The second-order valence-electron chi connectivity index (χ2n) is 6.61. The second-order valence-corrected chi connectivity index (χ2v) is 6.61. The van der Waals surface area contributed by atoms with Crippen LogP contribution in [0.25, 0.3) is 0 Å². The molecule has 1 aromatic carbocycles. The predicted octanol–water partition coefficient (Wildman–Crippen LogP) is 4.31. The Kier molecular flexibility index (Phi) is 5.18. The van der Waals surface area contributed by atoms with E-state index in [9.17, 15) is 10.1 Å². The number of fused-ring (bicyclic) bond motifs is 1. The molecule has 1 aromatic heterocycles. The van der Waals surface area contributed by atoms with E-state index in [0.29, 0.717) is 5.69 Å². The number of ketones is 1. The Bertz CT molecular complexity index is 998. The molecular weight excluding hydrogens is 336 g/mol. The van der Waals surface area contributed by atoms with E-state index >= 15 is 0 Å². The van der Waals surface area contributed by atoms with Gasteiger partial charge in [0.2, 0.25) is 5.78 Å². The van der Waals surface area contributed by atoms with E-state index in [2.05, 4.69) is 11.1 Å². The highest BCUT2D eigenvalue weighted by atomic mass is 16.1. The molecule has 5 heteroatoms. The number of aryl methyl sites for hydroxylation is 2. The molecule has 0 N–H and O–H groups in total. The molecule has 1 aliphatic rings. The van der Waals surface area contributed by atoms with E-state index < -0.39 is 0 Å². The third-order valence-electron chi connectivity index (χ3n) is 4.68. The number of aliphatic imine (C=N–C) groups is 1. The Hall–Kier alpha value is -3.26. The number of carbonyl (C=O) groups is 1. The van der Waals surface area contributed by atoms with Gasteiger partial charge in [-0.2, -0.15) is 5.26 Å². The Balaban J connectivity index is 2.00. The van der Waals surface area contributed by atoms with E-state index in [1.54, 1.807) is 6.08 Å². The van der Waals surface area contributed by atoms with Gasteiger partial charge in [-0.05, 0) is 75.7 Å². The number of carbonyl (C=O) groups excluding carboxylic acids is 1. The largest absolute Gasteiger partial charge is 0.356 e. The standard InChI is InChI=1S/C22H22N4O/c1-5-26(16(4)13-23)17-7-9-19(14(2)12-17)25-20-10-11-21(27)22-18(20)8-6-15(3)24-22/h6-12,16H,5H2,1-4H3/b25-20+. The Morgan fingerprint density at radius 3 is 2.67 bits per heavy atom. The highest BCUT2D eigenvalue weighted by molar-refractivity contribution is 6.23. The first-order valence-electron chi connectivity index (χ1n) is 9.00. The number of benzene rings is 1. The molecular formula is C22H22N4O. The molecule has 2 aromatic rings. The zero-order valence-electron chi connectivity index (χ0n) is 16.0. The molecule has 0 bridgehead atoms. The number of anilines is 1. The SMILES string of the molecule is CCN(c1ccc(/N=C2\C=CC(=O)c3nc(C)ccc32)c(C)c1)C(C)C#N. The van der Waals surface area contributed by atoms with Gasteiger partial charge in [0.25, 0.3) is 0 Å². The predicted molar refractivity (Wildman–Crippen MR) is 108 cm³/mol. The fraction of sp³-hybridized carbons (Fsp3) is 0.273. The fourth-order valence-corrected chi connectivity index (χ4v) is 3.20. The summed E-state index contributed by atoms with van der Waals surface area (Å²) in [6, 6.07) is 11.9. The lowest BCUT2D eigenvalue weighted by Crippen LogP contribution is -2.31. The number of nitrogens with zero attached hydrogens (tertiary/aromatic N) is 4. The van der Waals surface area contributed by atoms with E-state index in [4.69, 9.17) is 4.99 Å². The van der Waals surface area contributed by atoms with Crippen LogP contribution in [-0.2, 0) is 0 Å². The van der Waals surface area contributed by atoms with E-state index in [1.807, 2.05) is 62.9 Å². The van der Waals surface area contributed by atoms with E-state index in [1.165, 1.54) is 6.08 Å². The second kappa shape index (κ2) is 7.55. The van der Waals surface area contributed by atoms with Gasteiger partial charge in [0.15, 0.2) is 0 Å². The first-order chi connectivity index (χ1) is 12.9. The highest BCUT2D eigenvalue weighted by Crippen LogP contribution is 2.28. The number of aromatic nitrogens is 1. The van der Waals surface area contributed by atoms with Gasteiger partial charge in [0.05, 0.1) is 17.5 Å². The van der Waals surface area contributed by atoms with Gasteiger partial charge >= 0.3 is 0 Å². The third kappa shape index (κ3) is 3.65. The molecule has 0 radical (unpaired) electrons. The zero-order valence-corrected chi connectivity index (χ0v) is 16.0. The molecule has 0 fully saturated rings. The van der Waals surface area contributed by atoms with Gasteiger partial charge in [-0.15, -0.1) is 0 Å². The van der Waals surface area contributed by atoms with E-state index in [0.717, 1.165) is 40.5 Å². The van der Waals surface area contributed by atoms with Gasteiger partial charge in [0.1, 0.15) is 11.7 Å². The maximum Gasteiger partial charge on any atom is 0.204 e. The smallest absolute Gasteiger partial charge is 0.204 e. The zero-order chi connectivity index (χ0) is 19.6. The number of hydrogen-bond donors (Lipinski definition) is 0. The van der Waals surface area contributed by atoms with Gasteiger partial charge in [-0.3, -0.25) is 4.79 Å². The molecule has 3 rings (SSSR count). The molecule has 5 nitrogen and oxygen atoms in total. The van der Waals surface area contributed by atoms with Gasteiger partial charge in [-0.1, -0.05) is 0 Å². The average Bonchev–Trinajstić information content (AvgIpc) is 2.66. The van der Waals surface area contributed by atoms with Gasteiger partial charge in [0, 0.05) is 23.5 Å². The lowest BCUT2D eigenvalue weighted by atomic mass is 9.98.